The van der Waals surface area contributed by atoms with Crippen molar-refractivity contribution in [2.75, 3.05) is 11.9 Å². The smallest absolute Gasteiger partial charge is 0.119 e. The largest absolute Gasteiger partial charge is 0.494 e. The Morgan fingerprint density at radius 2 is 2.14 bits per heavy atom. The van der Waals surface area contributed by atoms with Gasteiger partial charge in [-0.05, 0) is 29.7 Å². The molecule has 0 amide bonds. The zero-order valence-corrected chi connectivity index (χ0v) is 9.64. The van der Waals surface area contributed by atoms with Gasteiger partial charge in [-0.15, -0.1) is 0 Å². The summed E-state index contributed by atoms with van der Waals surface area (Å²) in [4.78, 5) is 0. The number of benzene rings is 1. The number of rotatable bonds is 4. The van der Waals surface area contributed by atoms with Gasteiger partial charge in [0.05, 0.1) is 6.61 Å². The zero-order valence-electron chi connectivity index (χ0n) is 8.05. The molecule has 0 radical (unpaired) electrons. The normalized spacial score (nSPS) is 14.1. The topological polar surface area (TPSA) is 21.3 Å². The molecule has 0 saturated heterocycles. The van der Waals surface area contributed by atoms with E-state index in [9.17, 15) is 0 Å². The third-order valence-electron chi connectivity index (χ3n) is 2.36. The molecule has 0 unspecified atom stereocenters. The van der Waals surface area contributed by atoms with Crippen LogP contribution in [0.5, 0.6) is 5.75 Å². The number of alkyl halides is 1. The van der Waals surface area contributed by atoms with Gasteiger partial charge in [0.25, 0.3) is 0 Å². The molecule has 0 spiro atoms. The molecule has 1 aromatic carbocycles. The molecule has 3 heteroatoms. The van der Waals surface area contributed by atoms with Crippen LogP contribution in [0.2, 0.25) is 0 Å². The Morgan fingerprint density at radius 1 is 1.29 bits per heavy atom. The Morgan fingerprint density at radius 3 is 3.00 bits per heavy atom. The van der Waals surface area contributed by atoms with E-state index >= 15 is 0 Å². The van der Waals surface area contributed by atoms with E-state index in [1.54, 1.807) is 0 Å². The number of halogens is 1. The summed E-state index contributed by atoms with van der Waals surface area (Å²) in [5.74, 6) is 0.994. The van der Waals surface area contributed by atoms with E-state index < -0.39 is 0 Å². The number of nitrogens with one attached hydrogen (secondary N) is 1. The third kappa shape index (κ3) is 2.28. The number of fused-ring (bicyclic) bond motifs is 1. The van der Waals surface area contributed by atoms with E-state index in [1.807, 2.05) is 0 Å². The summed E-state index contributed by atoms with van der Waals surface area (Å²) in [5, 5.41) is 4.32. The van der Waals surface area contributed by atoms with Crippen molar-refractivity contribution < 1.29 is 4.74 Å². The van der Waals surface area contributed by atoms with Crippen molar-refractivity contribution in [1.29, 1.82) is 0 Å². The SMILES string of the molecule is BrCCCOc1ccc2c(c1)CNC2. The standard InChI is InChI=1S/C11H14BrNO/c12-4-1-5-14-11-3-2-9-7-13-8-10(9)6-11/h2-3,6,13H,1,4-5,7-8H2. The van der Waals surface area contributed by atoms with E-state index in [2.05, 4.69) is 39.4 Å². The monoisotopic (exact) mass is 255 g/mol. The minimum absolute atomic E-state index is 0.789. The molecule has 14 heavy (non-hydrogen) atoms. The molecule has 0 atom stereocenters. The first-order chi connectivity index (χ1) is 6.90. The highest BCUT2D eigenvalue weighted by Crippen LogP contribution is 2.21. The minimum atomic E-state index is 0.789. The highest BCUT2D eigenvalue weighted by Gasteiger charge is 2.09. The maximum atomic E-state index is 5.61. The zero-order chi connectivity index (χ0) is 9.80. The van der Waals surface area contributed by atoms with Crippen LogP contribution in [0.25, 0.3) is 0 Å². The van der Waals surface area contributed by atoms with Crippen LogP contribution in [0.1, 0.15) is 17.5 Å². The first-order valence-corrected chi connectivity index (χ1v) is 6.03. The second-order valence-corrected chi connectivity index (χ2v) is 4.22. The summed E-state index contributed by atoms with van der Waals surface area (Å²) in [6, 6.07) is 6.35. The van der Waals surface area contributed by atoms with Gasteiger partial charge in [-0.2, -0.15) is 0 Å². The molecular formula is C11H14BrNO. The first kappa shape index (κ1) is 9.99. The summed E-state index contributed by atoms with van der Waals surface area (Å²) in [5.41, 5.74) is 2.78. The molecule has 0 aliphatic carbocycles. The fraction of sp³-hybridized carbons (Fsp3) is 0.455. The lowest BCUT2D eigenvalue weighted by molar-refractivity contribution is 0.319. The number of hydrogen-bond donors (Lipinski definition) is 1. The molecule has 0 bridgehead atoms. The van der Waals surface area contributed by atoms with Gasteiger partial charge in [0, 0.05) is 18.4 Å². The minimum Gasteiger partial charge on any atom is -0.494 e. The summed E-state index contributed by atoms with van der Waals surface area (Å²) < 4.78 is 5.61. The average Bonchev–Trinajstić information content (AvgIpc) is 2.65. The Balaban J connectivity index is 1.98. The fourth-order valence-corrected chi connectivity index (χ4v) is 1.83. The van der Waals surface area contributed by atoms with Crippen molar-refractivity contribution in [3.05, 3.63) is 29.3 Å². The summed E-state index contributed by atoms with van der Waals surface area (Å²) in [6.07, 6.45) is 1.05. The molecule has 1 aromatic rings. The summed E-state index contributed by atoms with van der Waals surface area (Å²) in [6.45, 7) is 2.76. The Kier molecular flexibility index (Phi) is 3.43. The fourth-order valence-electron chi connectivity index (χ4n) is 1.61. The maximum absolute atomic E-state index is 5.61. The third-order valence-corrected chi connectivity index (χ3v) is 2.92. The molecule has 0 saturated carbocycles. The maximum Gasteiger partial charge on any atom is 0.119 e. The molecule has 1 aliphatic heterocycles. The molecule has 1 aliphatic rings. The van der Waals surface area contributed by atoms with Crippen LogP contribution in [0.15, 0.2) is 18.2 Å². The molecule has 0 aromatic heterocycles. The lowest BCUT2D eigenvalue weighted by Crippen LogP contribution is -2.00. The quantitative estimate of drug-likeness (QED) is 0.660. The van der Waals surface area contributed by atoms with Crippen molar-refractivity contribution in [2.45, 2.75) is 19.5 Å². The van der Waals surface area contributed by atoms with Crippen molar-refractivity contribution in [1.82, 2.24) is 5.32 Å². The van der Waals surface area contributed by atoms with Gasteiger partial charge in [-0.25, -0.2) is 0 Å². The highest BCUT2D eigenvalue weighted by molar-refractivity contribution is 9.09. The van der Waals surface area contributed by atoms with Crippen LogP contribution in [0.4, 0.5) is 0 Å². The Labute approximate surface area is 92.8 Å². The van der Waals surface area contributed by atoms with Crippen LogP contribution in [0.3, 0.4) is 0 Å². The molecule has 1 heterocycles. The molecule has 0 fully saturated rings. The lowest BCUT2D eigenvalue weighted by atomic mass is 10.1. The van der Waals surface area contributed by atoms with E-state index in [0.717, 1.165) is 37.2 Å². The molecule has 1 N–H and O–H groups in total. The van der Waals surface area contributed by atoms with Crippen LogP contribution in [0, 0.1) is 0 Å². The van der Waals surface area contributed by atoms with Crippen LogP contribution < -0.4 is 10.1 Å². The van der Waals surface area contributed by atoms with E-state index in [4.69, 9.17) is 4.74 Å². The van der Waals surface area contributed by atoms with E-state index in [1.165, 1.54) is 11.1 Å². The van der Waals surface area contributed by atoms with Gasteiger partial charge in [-0.3, -0.25) is 0 Å². The Bertz CT molecular complexity index is 314. The molecule has 76 valence electrons. The summed E-state index contributed by atoms with van der Waals surface area (Å²) in [7, 11) is 0. The molecule has 2 rings (SSSR count). The van der Waals surface area contributed by atoms with Gasteiger partial charge in [0.15, 0.2) is 0 Å². The number of hydrogen-bond acceptors (Lipinski definition) is 2. The molecule has 2 nitrogen and oxygen atoms in total. The number of ether oxygens (including phenoxy) is 1. The van der Waals surface area contributed by atoms with Crippen LogP contribution in [-0.2, 0) is 13.1 Å². The van der Waals surface area contributed by atoms with Gasteiger partial charge >= 0.3 is 0 Å². The summed E-state index contributed by atoms with van der Waals surface area (Å²) >= 11 is 3.38. The predicted molar refractivity (Wildman–Crippen MR) is 60.9 cm³/mol. The van der Waals surface area contributed by atoms with Crippen molar-refractivity contribution in [3.63, 3.8) is 0 Å². The van der Waals surface area contributed by atoms with Crippen molar-refractivity contribution in [2.24, 2.45) is 0 Å². The lowest BCUT2D eigenvalue weighted by Gasteiger charge is -2.06. The van der Waals surface area contributed by atoms with Crippen LogP contribution in [-0.4, -0.2) is 11.9 Å². The average molecular weight is 256 g/mol. The van der Waals surface area contributed by atoms with Crippen LogP contribution >= 0.6 is 15.9 Å². The second-order valence-electron chi connectivity index (χ2n) is 3.43. The second kappa shape index (κ2) is 4.80. The highest BCUT2D eigenvalue weighted by atomic mass is 79.9. The van der Waals surface area contributed by atoms with Crippen molar-refractivity contribution >= 4 is 15.9 Å². The Hall–Kier alpha value is -0.540. The van der Waals surface area contributed by atoms with E-state index in [-0.39, 0.29) is 0 Å². The molecular weight excluding hydrogens is 242 g/mol. The van der Waals surface area contributed by atoms with Crippen molar-refractivity contribution in [3.8, 4) is 5.75 Å². The van der Waals surface area contributed by atoms with Gasteiger partial charge in [0.2, 0.25) is 0 Å². The van der Waals surface area contributed by atoms with Gasteiger partial charge in [-0.1, -0.05) is 22.0 Å². The van der Waals surface area contributed by atoms with E-state index in [0.29, 0.717) is 0 Å². The van der Waals surface area contributed by atoms with Gasteiger partial charge < -0.3 is 10.1 Å². The first-order valence-electron chi connectivity index (χ1n) is 4.91. The predicted octanol–water partition coefficient (Wildman–Crippen LogP) is 2.45. The van der Waals surface area contributed by atoms with Gasteiger partial charge in [0.1, 0.15) is 5.75 Å².